The fourth-order valence-corrected chi connectivity index (χ4v) is 9.22. The van der Waals surface area contributed by atoms with Crippen LogP contribution in [0.4, 0.5) is 28.4 Å². The van der Waals surface area contributed by atoms with Gasteiger partial charge in [0, 0.05) is 40.6 Å². The highest BCUT2D eigenvalue weighted by Gasteiger charge is 2.19. The van der Waals surface area contributed by atoms with E-state index in [0.717, 1.165) is 29.9 Å². The van der Waals surface area contributed by atoms with Crippen LogP contribution >= 0.6 is 0 Å². The van der Waals surface area contributed by atoms with E-state index in [-0.39, 0.29) is 0 Å². The summed E-state index contributed by atoms with van der Waals surface area (Å²) in [6.07, 6.45) is 9.08. The molecule has 10 aromatic carbocycles. The standard InChI is InChI=1S/C55H40N2/c1-56(52-35-34-50-48-22-9-17-41-16-8-21-47(54(41)48)49-23-11-24-51(52)55(49)50)43-30-26-38(27-31-43)39-28-32-44(33-29-39)57(53-25-10-15-40-14-5-6-20-46(40)53)45-19-7-18-42(36-45)37-12-3-2-4-13-37/h3,5-36H,2,4H2,1H3. The first-order chi connectivity index (χ1) is 28.2. The molecule has 57 heavy (non-hydrogen) atoms. The second-order valence-corrected chi connectivity index (χ2v) is 15.2. The molecule has 0 amide bonds. The summed E-state index contributed by atoms with van der Waals surface area (Å²) in [5.41, 5.74) is 10.7. The molecule has 270 valence electrons. The molecule has 0 fully saturated rings. The van der Waals surface area contributed by atoms with Gasteiger partial charge in [0.25, 0.3) is 0 Å². The van der Waals surface area contributed by atoms with Gasteiger partial charge in [0.2, 0.25) is 0 Å². The van der Waals surface area contributed by atoms with Crippen molar-refractivity contribution in [2.75, 3.05) is 16.8 Å². The molecule has 0 spiro atoms. The van der Waals surface area contributed by atoms with Gasteiger partial charge in [0.15, 0.2) is 0 Å². The fourth-order valence-electron chi connectivity index (χ4n) is 9.22. The molecule has 0 N–H and O–H groups in total. The summed E-state index contributed by atoms with van der Waals surface area (Å²) in [4.78, 5) is 4.73. The first-order valence-electron chi connectivity index (χ1n) is 20.0. The Hall–Kier alpha value is -7.16. The highest BCUT2D eigenvalue weighted by molar-refractivity contribution is 6.34. The van der Waals surface area contributed by atoms with Crippen molar-refractivity contribution in [2.24, 2.45) is 0 Å². The Morgan fingerprint density at radius 1 is 0.386 bits per heavy atom. The summed E-state index contributed by atoms with van der Waals surface area (Å²) in [6.45, 7) is 0. The Morgan fingerprint density at radius 2 is 0.982 bits per heavy atom. The van der Waals surface area contributed by atoms with Gasteiger partial charge in [0.1, 0.15) is 0 Å². The van der Waals surface area contributed by atoms with E-state index in [2.05, 4.69) is 217 Å². The lowest BCUT2D eigenvalue weighted by Gasteiger charge is -2.27. The van der Waals surface area contributed by atoms with Gasteiger partial charge in [-0.25, -0.2) is 0 Å². The second kappa shape index (κ2) is 13.5. The molecule has 0 saturated heterocycles. The van der Waals surface area contributed by atoms with Crippen LogP contribution < -0.4 is 9.80 Å². The zero-order valence-corrected chi connectivity index (χ0v) is 31.9. The van der Waals surface area contributed by atoms with E-state index in [0.29, 0.717) is 0 Å². The molecule has 0 heterocycles. The van der Waals surface area contributed by atoms with Crippen molar-refractivity contribution in [1.82, 2.24) is 0 Å². The Morgan fingerprint density at radius 3 is 1.74 bits per heavy atom. The van der Waals surface area contributed by atoms with Gasteiger partial charge in [-0.2, -0.15) is 0 Å². The van der Waals surface area contributed by atoms with Crippen molar-refractivity contribution in [3.8, 4) is 11.1 Å². The van der Waals surface area contributed by atoms with Gasteiger partial charge in [-0.1, -0.05) is 152 Å². The molecule has 1 aliphatic rings. The van der Waals surface area contributed by atoms with Crippen LogP contribution in [-0.4, -0.2) is 7.05 Å². The van der Waals surface area contributed by atoms with Crippen molar-refractivity contribution >= 4 is 87.9 Å². The SMILES string of the molecule is CN(c1ccc(-c2ccc(N(c3cccc(C4=CCCC=C4)c3)c3cccc4ccccc34)cc2)cc1)c1ccc2c3cccc4cccc(c5cccc1c52)c43. The molecule has 10 aromatic rings. The molecule has 1 aliphatic carbocycles. The third-order valence-corrected chi connectivity index (χ3v) is 12.0. The van der Waals surface area contributed by atoms with Crippen molar-refractivity contribution in [3.63, 3.8) is 0 Å². The third-order valence-electron chi connectivity index (χ3n) is 12.0. The number of rotatable bonds is 7. The maximum absolute atomic E-state index is 2.40. The lowest BCUT2D eigenvalue weighted by Crippen LogP contribution is -2.11. The van der Waals surface area contributed by atoms with E-state index in [9.17, 15) is 0 Å². The number of allylic oxidation sites excluding steroid dienone is 4. The average Bonchev–Trinajstić information content (AvgIpc) is 3.28. The van der Waals surface area contributed by atoms with Gasteiger partial charge in [-0.05, 0) is 127 Å². The average molecular weight is 729 g/mol. The summed E-state index contributed by atoms with van der Waals surface area (Å²) in [7, 11) is 2.18. The number of anilines is 5. The largest absolute Gasteiger partial charge is 0.344 e. The molecule has 0 saturated carbocycles. The Labute approximate surface area is 333 Å². The first-order valence-corrected chi connectivity index (χ1v) is 20.0. The van der Waals surface area contributed by atoms with Crippen LogP contribution in [0.15, 0.2) is 200 Å². The molecule has 2 nitrogen and oxygen atoms in total. The number of benzene rings is 10. The molecule has 0 aromatic heterocycles. The van der Waals surface area contributed by atoms with Crippen LogP contribution in [0, 0.1) is 0 Å². The maximum Gasteiger partial charge on any atom is 0.0540 e. The van der Waals surface area contributed by atoms with Crippen LogP contribution in [0.25, 0.3) is 70.6 Å². The molecule has 0 aliphatic heterocycles. The van der Waals surface area contributed by atoms with Crippen molar-refractivity contribution < 1.29 is 0 Å². The minimum atomic E-state index is 1.08. The highest BCUT2D eigenvalue weighted by Crippen LogP contribution is 2.44. The number of hydrogen-bond acceptors (Lipinski definition) is 2. The molecule has 2 heteroatoms. The maximum atomic E-state index is 2.40. The van der Waals surface area contributed by atoms with Crippen LogP contribution in [0.5, 0.6) is 0 Å². The van der Waals surface area contributed by atoms with Crippen molar-refractivity contribution in [3.05, 3.63) is 206 Å². The summed E-state index contributed by atoms with van der Waals surface area (Å²) in [5.74, 6) is 0. The van der Waals surface area contributed by atoms with E-state index < -0.39 is 0 Å². The fraction of sp³-hybridized carbons (Fsp3) is 0.0545. The lowest BCUT2D eigenvalue weighted by atomic mass is 9.89. The van der Waals surface area contributed by atoms with E-state index in [1.807, 2.05) is 0 Å². The summed E-state index contributed by atoms with van der Waals surface area (Å²) < 4.78 is 0. The Bertz CT molecular complexity index is 3130. The zero-order chi connectivity index (χ0) is 37.9. The third kappa shape index (κ3) is 5.56. The molecular weight excluding hydrogens is 689 g/mol. The minimum Gasteiger partial charge on any atom is -0.344 e. The number of nitrogens with zero attached hydrogens (tertiary/aromatic N) is 2. The lowest BCUT2D eigenvalue weighted by molar-refractivity contribution is 1.04. The van der Waals surface area contributed by atoms with Crippen LogP contribution in [-0.2, 0) is 0 Å². The van der Waals surface area contributed by atoms with Gasteiger partial charge in [0.05, 0.1) is 5.69 Å². The van der Waals surface area contributed by atoms with E-state index >= 15 is 0 Å². The van der Waals surface area contributed by atoms with E-state index in [1.165, 1.54) is 87.5 Å². The normalized spacial score (nSPS) is 12.9. The zero-order valence-electron chi connectivity index (χ0n) is 31.9. The summed E-state index contributed by atoms with van der Waals surface area (Å²) in [6, 6.07) is 67.0. The molecular formula is C55H40N2. The van der Waals surface area contributed by atoms with Crippen molar-refractivity contribution in [1.29, 1.82) is 0 Å². The van der Waals surface area contributed by atoms with E-state index in [4.69, 9.17) is 0 Å². The van der Waals surface area contributed by atoms with E-state index in [1.54, 1.807) is 0 Å². The highest BCUT2D eigenvalue weighted by atomic mass is 15.1. The smallest absolute Gasteiger partial charge is 0.0540 e. The predicted octanol–water partition coefficient (Wildman–Crippen LogP) is 15.5. The predicted molar refractivity (Wildman–Crippen MR) is 246 cm³/mol. The van der Waals surface area contributed by atoms with Crippen LogP contribution in [0.2, 0.25) is 0 Å². The van der Waals surface area contributed by atoms with Gasteiger partial charge in [-0.3, -0.25) is 0 Å². The molecule has 0 unspecified atom stereocenters. The summed E-state index contributed by atoms with van der Waals surface area (Å²) in [5, 5.41) is 13.0. The molecule has 0 bridgehead atoms. The number of fused-ring (bicyclic) bond motifs is 3. The Balaban J connectivity index is 0.940. The number of hydrogen-bond donors (Lipinski definition) is 0. The topological polar surface area (TPSA) is 6.48 Å². The molecule has 0 atom stereocenters. The van der Waals surface area contributed by atoms with Gasteiger partial charge in [-0.15, -0.1) is 0 Å². The quantitative estimate of drug-likeness (QED) is 0.119. The molecule has 11 rings (SSSR count). The first kappa shape index (κ1) is 33.2. The monoisotopic (exact) mass is 728 g/mol. The van der Waals surface area contributed by atoms with Crippen LogP contribution in [0.1, 0.15) is 18.4 Å². The Kier molecular flexibility index (Phi) is 7.89. The van der Waals surface area contributed by atoms with Crippen LogP contribution in [0.3, 0.4) is 0 Å². The van der Waals surface area contributed by atoms with Crippen molar-refractivity contribution in [2.45, 2.75) is 12.8 Å². The van der Waals surface area contributed by atoms with Gasteiger partial charge >= 0.3 is 0 Å². The van der Waals surface area contributed by atoms with Gasteiger partial charge < -0.3 is 9.80 Å². The second-order valence-electron chi connectivity index (χ2n) is 15.2. The summed E-state index contributed by atoms with van der Waals surface area (Å²) >= 11 is 0. The molecule has 0 radical (unpaired) electrons. The minimum absolute atomic E-state index is 1.08.